The Morgan fingerprint density at radius 1 is 1.08 bits per heavy atom. The van der Waals surface area contributed by atoms with Crippen LogP contribution in [0.2, 0.25) is 0 Å². The Balaban J connectivity index is 1.55. The number of anilines is 1. The molecule has 1 amide bonds. The van der Waals surface area contributed by atoms with Crippen molar-refractivity contribution in [1.29, 1.82) is 0 Å². The Morgan fingerprint density at radius 2 is 1.88 bits per heavy atom. The lowest BCUT2D eigenvalue weighted by molar-refractivity contribution is -0.116. The molecule has 0 aliphatic rings. The van der Waals surface area contributed by atoms with Gasteiger partial charge in [-0.3, -0.25) is 4.79 Å². The molecule has 0 fully saturated rings. The highest BCUT2D eigenvalue weighted by Crippen LogP contribution is 2.20. The van der Waals surface area contributed by atoms with Crippen LogP contribution in [0.15, 0.2) is 47.8 Å². The minimum absolute atomic E-state index is 0.183. The van der Waals surface area contributed by atoms with Gasteiger partial charge in [0.2, 0.25) is 5.91 Å². The predicted octanol–water partition coefficient (Wildman–Crippen LogP) is 4.05. The van der Waals surface area contributed by atoms with Gasteiger partial charge in [0.1, 0.15) is 5.69 Å². The molecule has 0 radical (unpaired) electrons. The number of hydrogen-bond donors (Lipinski definition) is 1. The molecule has 0 unspecified atom stereocenters. The SMILES string of the molecule is O=C(CCc1ccc(F)c(F)c1)Nc1ccc(-c2csnn2)cc1. The quantitative estimate of drug-likeness (QED) is 0.759. The van der Waals surface area contributed by atoms with Crippen LogP contribution in [0.1, 0.15) is 12.0 Å². The summed E-state index contributed by atoms with van der Waals surface area (Å²) in [5, 5.41) is 8.59. The molecule has 1 N–H and O–H groups in total. The first-order valence-corrected chi connectivity index (χ1v) is 8.07. The molecule has 4 nitrogen and oxygen atoms in total. The molecule has 0 saturated carbocycles. The Kier molecular flexibility index (Phi) is 4.90. The smallest absolute Gasteiger partial charge is 0.224 e. The normalized spacial score (nSPS) is 10.6. The number of rotatable bonds is 5. The summed E-state index contributed by atoms with van der Waals surface area (Å²) >= 11 is 1.27. The van der Waals surface area contributed by atoms with E-state index in [1.54, 1.807) is 12.1 Å². The van der Waals surface area contributed by atoms with E-state index < -0.39 is 11.6 Å². The third kappa shape index (κ3) is 3.99. The fraction of sp³-hybridized carbons (Fsp3) is 0.118. The third-order valence-corrected chi connectivity index (χ3v) is 3.95. The van der Waals surface area contributed by atoms with Crippen molar-refractivity contribution in [3.05, 3.63) is 65.0 Å². The molecule has 0 aliphatic carbocycles. The number of carbonyl (C=O) groups is 1. The van der Waals surface area contributed by atoms with Crippen molar-refractivity contribution in [2.45, 2.75) is 12.8 Å². The molecule has 122 valence electrons. The molecule has 0 spiro atoms. The fourth-order valence-corrected chi connectivity index (χ4v) is 2.66. The topological polar surface area (TPSA) is 54.9 Å². The summed E-state index contributed by atoms with van der Waals surface area (Å²) in [6.07, 6.45) is 0.522. The van der Waals surface area contributed by atoms with Gasteiger partial charge in [-0.1, -0.05) is 22.7 Å². The van der Waals surface area contributed by atoms with Crippen LogP contribution in [0, 0.1) is 11.6 Å². The van der Waals surface area contributed by atoms with Gasteiger partial charge >= 0.3 is 0 Å². The molecule has 3 rings (SSSR count). The summed E-state index contributed by atoms with van der Waals surface area (Å²) in [6.45, 7) is 0. The molecule has 0 bridgehead atoms. The van der Waals surface area contributed by atoms with Crippen LogP contribution in [0.5, 0.6) is 0 Å². The van der Waals surface area contributed by atoms with Gasteiger partial charge in [0, 0.05) is 23.1 Å². The van der Waals surface area contributed by atoms with E-state index in [0.717, 1.165) is 23.4 Å². The average Bonchev–Trinajstić information content (AvgIpc) is 3.11. The summed E-state index contributed by atoms with van der Waals surface area (Å²) < 4.78 is 29.8. The third-order valence-electron chi connectivity index (χ3n) is 3.45. The second-order valence-electron chi connectivity index (χ2n) is 5.16. The summed E-state index contributed by atoms with van der Waals surface area (Å²) in [5.41, 5.74) is 2.95. The van der Waals surface area contributed by atoms with Crippen molar-refractivity contribution in [3.63, 3.8) is 0 Å². The zero-order chi connectivity index (χ0) is 16.9. The van der Waals surface area contributed by atoms with E-state index in [-0.39, 0.29) is 12.3 Å². The lowest BCUT2D eigenvalue weighted by Crippen LogP contribution is -2.12. The van der Waals surface area contributed by atoms with Crippen LogP contribution < -0.4 is 5.32 Å². The summed E-state index contributed by atoms with van der Waals surface area (Å²) in [6, 6.07) is 10.9. The van der Waals surface area contributed by atoms with Gasteiger partial charge in [-0.25, -0.2) is 8.78 Å². The molecule has 1 heterocycles. The first kappa shape index (κ1) is 16.2. The fourth-order valence-electron chi connectivity index (χ4n) is 2.19. The first-order valence-electron chi connectivity index (χ1n) is 7.23. The summed E-state index contributed by atoms with van der Waals surface area (Å²) in [4.78, 5) is 12.0. The van der Waals surface area contributed by atoms with Gasteiger partial charge in [0.15, 0.2) is 11.6 Å². The molecule has 1 aromatic heterocycles. The van der Waals surface area contributed by atoms with Gasteiger partial charge in [-0.05, 0) is 47.8 Å². The highest BCUT2D eigenvalue weighted by molar-refractivity contribution is 7.03. The molecule has 0 aliphatic heterocycles. The van der Waals surface area contributed by atoms with Crippen molar-refractivity contribution in [2.24, 2.45) is 0 Å². The van der Waals surface area contributed by atoms with Crippen LogP contribution in [-0.4, -0.2) is 15.5 Å². The van der Waals surface area contributed by atoms with E-state index >= 15 is 0 Å². The van der Waals surface area contributed by atoms with E-state index in [9.17, 15) is 13.6 Å². The van der Waals surface area contributed by atoms with Gasteiger partial charge in [0.05, 0.1) is 0 Å². The van der Waals surface area contributed by atoms with Crippen LogP contribution in [0.25, 0.3) is 11.3 Å². The minimum Gasteiger partial charge on any atom is -0.326 e. The van der Waals surface area contributed by atoms with E-state index in [1.807, 2.05) is 17.5 Å². The zero-order valence-corrected chi connectivity index (χ0v) is 13.3. The lowest BCUT2D eigenvalue weighted by atomic mass is 10.1. The molecular formula is C17H13F2N3OS. The Hall–Kier alpha value is -2.67. The molecule has 7 heteroatoms. The van der Waals surface area contributed by atoms with Gasteiger partial charge in [0.25, 0.3) is 0 Å². The van der Waals surface area contributed by atoms with Crippen LogP contribution in [-0.2, 0) is 11.2 Å². The lowest BCUT2D eigenvalue weighted by Gasteiger charge is -2.06. The largest absolute Gasteiger partial charge is 0.326 e. The van der Waals surface area contributed by atoms with Crippen LogP contribution >= 0.6 is 11.5 Å². The highest BCUT2D eigenvalue weighted by atomic mass is 32.1. The number of hydrogen-bond acceptors (Lipinski definition) is 4. The van der Waals surface area contributed by atoms with E-state index in [2.05, 4.69) is 14.9 Å². The molecule has 24 heavy (non-hydrogen) atoms. The van der Waals surface area contributed by atoms with Crippen molar-refractivity contribution < 1.29 is 13.6 Å². The maximum atomic E-state index is 13.1. The number of nitrogens with one attached hydrogen (secondary N) is 1. The van der Waals surface area contributed by atoms with Crippen molar-refractivity contribution in [1.82, 2.24) is 9.59 Å². The Bertz CT molecular complexity index is 836. The van der Waals surface area contributed by atoms with Crippen LogP contribution in [0.4, 0.5) is 14.5 Å². The van der Waals surface area contributed by atoms with Gasteiger partial charge in [-0.15, -0.1) is 5.10 Å². The minimum atomic E-state index is -0.903. The number of carbonyl (C=O) groups excluding carboxylic acids is 1. The Morgan fingerprint density at radius 3 is 2.54 bits per heavy atom. The van der Waals surface area contributed by atoms with Gasteiger partial charge < -0.3 is 5.32 Å². The van der Waals surface area contributed by atoms with E-state index in [4.69, 9.17) is 0 Å². The highest BCUT2D eigenvalue weighted by Gasteiger charge is 2.07. The monoisotopic (exact) mass is 345 g/mol. The number of benzene rings is 2. The maximum absolute atomic E-state index is 13.1. The average molecular weight is 345 g/mol. The van der Waals surface area contributed by atoms with E-state index in [0.29, 0.717) is 17.7 Å². The molecule has 3 aromatic rings. The maximum Gasteiger partial charge on any atom is 0.224 e. The van der Waals surface area contributed by atoms with E-state index in [1.165, 1.54) is 17.6 Å². The second kappa shape index (κ2) is 7.27. The molecule has 0 saturated heterocycles. The number of halogens is 2. The molecular weight excluding hydrogens is 332 g/mol. The summed E-state index contributed by atoms with van der Waals surface area (Å²) in [5.74, 6) is -1.98. The number of aromatic nitrogens is 2. The standard InChI is InChI=1S/C17H13F2N3OS/c18-14-7-1-11(9-15(14)19)2-8-17(23)20-13-5-3-12(4-6-13)16-10-24-22-21-16/h1,3-7,9-10H,2,8H2,(H,20,23). The number of nitrogens with zero attached hydrogens (tertiary/aromatic N) is 2. The zero-order valence-electron chi connectivity index (χ0n) is 12.5. The predicted molar refractivity (Wildman–Crippen MR) is 88.7 cm³/mol. The summed E-state index contributed by atoms with van der Waals surface area (Å²) in [7, 11) is 0. The van der Waals surface area contributed by atoms with Crippen molar-refractivity contribution in [2.75, 3.05) is 5.32 Å². The number of amides is 1. The Labute approximate surface area is 141 Å². The van der Waals surface area contributed by atoms with Gasteiger partial charge in [-0.2, -0.15) is 0 Å². The molecule has 2 aromatic carbocycles. The van der Waals surface area contributed by atoms with Crippen LogP contribution in [0.3, 0.4) is 0 Å². The van der Waals surface area contributed by atoms with Crippen molar-refractivity contribution >= 4 is 23.1 Å². The second-order valence-corrected chi connectivity index (χ2v) is 5.77. The molecule has 0 atom stereocenters. The first-order chi connectivity index (χ1) is 11.6. The van der Waals surface area contributed by atoms with Crippen molar-refractivity contribution in [3.8, 4) is 11.3 Å². The number of aryl methyl sites for hydroxylation is 1.